The van der Waals surface area contributed by atoms with Crippen molar-refractivity contribution in [1.29, 1.82) is 0 Å². The predicted molar refractivity (Wildman–Crippen MR) is 41.9 cm³/mol. The third kappa shape index (κ3) is 2.32. The minimum absolute atomic E-state index is 0.234. The third-order valence-corrected chi connectivity index (χ3v) is 1.59. The smallest absolute Gasteiger partial charge is 0.214 e. The molecule has 0 spiro atoms. The Kier molecular flexibility index (Phi) is 2.69. The van der Waals surface area contributed by atoms with Gasteiger partial charge in [-0.2, -0.15) is 4.39 Å². The molecule has 0 atom stereocenters. The van der Waals surface area contributed by atoms with Crippen molar-refractivity contribution in [2.24, 2.45) is 0 Å². The van der Waals surface area contributed by atoms with E-state index < -0.39 is 12.4 Å². The van der Waals surface area contributed by atoms with Crippen molar-refractivity contribution in [3.05, 3.63) is 27.3 Å². The Bertz CT molecular complexity index is 244. The summed E-state index contributed by atoms with van der Waals surface area (Å²) in [6.45, 7) is 0. The maximum atomic E-state index is 12.3. The Balaban J connectivity index is 3.08. The lowest BCUT2D eigenvalue weighted by Crippen LogP contribution is -1.92. The second-order valence-electron chi connectivity index (χ2n) is 1.85. The number of hydrogen-bond acceptors (Lipinski definition) is 1. The molecule has 0 unspecified atom stereocenters. The summed E-state index contributed by atoms with van der Waals surface area (Å²) in [4.78, 5) is 3.30. The Labute approximate surface area is 74.8 Å². The van der Waals surface area contributed by atoms with E-state index in [0.29, 0.717) is 0 Å². The largest absolute Gasteiger partial charge is 0.264 e. The fourth-order valence-corrected chi connectivity index (χ4v) is 1.20. The van der Waals surface area contributed by atoms with Gasteiger partial charge in [-0.15, -0.1) is 0 Å². The van der Waals surface area contributed by atoms with Crippen LogP contribution in [0.4, 0.5) is 13.2 Å². The number of alkyl halides is 2. The fourth-order valence-electron chi connectivity index (χ4n) is 0.609. The molecule has 1 rings (SSSR count). The van der Waals surface area contributed by atoms with Gasteiger partial charge in [0.15, 0.2) is 0 Å². The minimum Gasteiger partial charge on any atom is -0.214 e. The molecular weight excluding hydrogens is 270 g/mol. The van der Waals surface area contributed by atoms with Crippen LogP contribution in [0.1, 0.15) is 12.0 Å². The highest BCUT2D eigenvalue weighted by Gasteiger charge is 2.09. The van der Waals surface area contributed by atoms with Gasteiger partial charge < -0.3 is 0 Å². The van der Waals surface area contributed by atoms with Gasteiger partial charge in [-0.1, -0.05) is 0 Å². The number of halogens is 4. The third-order valence-electron chi connectivity index (χ3n) is 1.04. The van der Waals surface area contributed by atoms with E-state index in [4.69, 9.17) is 0 Å². The number of aromatic nitrogens is 1. The summed E-state index contributed by atoms with van der Waals surface area (Å²) in [6, 6.07) is 1.88. The first-order valence-corrected chi connectivity index (χ1v) is 3.78. The molecule has 0 saturated heterocycles. The van der Waals surface area contributed by atoms with Crippen molar-refractivity contribution in [2.45, 2.75) is 6.43 Å². The predicted octanol–water partition coefficient (Wildman–Crippen LogP) is 2.76. The van der Waals surface area contributed by atoms with Crippen molar-refractivity contribution in [2.75, 3.05) is 0 Å². The van der Waals surface area contributed by atoms with Crippen LogP contribution in [0.2, 0.25) is 0 Å². The molecule has 0 radical (unpaired) electrons. The van der Waals surface area contributed by atoms with E-state index in [1.165, 1.54) is 0 Å². The van der Waals surface area contributed by atoms with Gasteiger partial charge in [0.05, 0.1) is 0 Å². The first kappa shape index (κ1) is 8.76. The van der Waals surface area contributed by atoms with Gasteiger partial charge in [-0.3, -0.25) is 0 Å². The number of pyridine rings is 1. The molecule has 0 aromatic carbocycles. The van der Waals surface area contributed by atoms with Crippen LogP contribution in [-0.2, 0) is 0 Å². The molecule has 0 N–H and O–H groups in total. The lowest BCUT2D eigenvalue weighted by atomic mass is 10.3. The summed E-state index contributed by atoms with van der Waals surface area (Å²) < 4.78 is 36.4. The Morgan fingerprint density at radius 2 is 2.00 bits per heavy atom. The molecule has 1 heterocycles. The summed E-state index contributed by atoms with van der Waals surface area (Å²) in [6.07, 6.45) is -2.64. The molecule has 0 saturated carbocycles. The molecule has 11 heavy (non-hydrogen) atoms. The molecule has 5 heteroatoms. The van der Waals surface area contributed by atoms with Crippen LogP contribution < -0.4 is 0 Å². The summed E-state index contributed by atoms with van der Waals surface area (Å²) in [5.41, 5.74) is -0.332. The Morgan fingerprint density at radius 1 is 1.36 bits per heavy atom. The van der Waals surface area contributed by atoms with Crippen molar-refractivity contribution in [3.8, 4) is 0 Å². The van der Waals surface area contributed by atoms with Gasteiger partial charge >= 0.3 is 0 Å². The zero-order chi connectivity index (χ0) is 8.43. The highest BCUT2D eigenvalue weighted by Crippen LogP contribution is 2.19. The maximum Gasteiger partial charge on any atom is 0.264 e. The zero-order valence-corrected chi connectivity index (χ0v) is 7.35. The van der Waals surface area contributed by atoms with Crippen LogP contribution in [0.5, 0.6) is 0 Å². The van der Waals surface area contributed by atoms with Crippen LogP contribution in [0.25, 0.3) is 0 Å². The maximum absolute atomic E-state index is 12.3. The fraction of sp³-hybridized carbons (Fsp3) is 0.167. The average Bonchev–Trinajstić information content (AvgIpc) is 1.85. The lowest BCUT2D eigenvalue weighted by Gasteiger charge is -1.98. The second kappa shape index (κ2) is 3.38. The van der Waals surface area contributed by atoms with Crippen molar-refractivity contribution >= 4 is 22.6 Å². The van der Waals surface area contributed by atoms with Crippen LogP contribution in [-0.4, -0.2) is 4.98 Å². The summed E-state index contributed by atoms with van der Waals surface area (Å²) >= 11 is 1.68. The molecule has 1 aromatic rings. The van der Waals surface area contributed by atoms with Gasteiger partial charge in [0.2, 0.25) is 5.95 Å². The molecule has 0 aliphatic heterocycles. The number of nitrogens with zero attached hydrogens (tertiary/aromatic N) is 1. The van der Waals surface area contributed by atoms with Crippen molar-refractivity contribution < 1.29 is 13.2 Å². The normalized spacial score (nSPS) is 10.6. The van der Waals surface area contributed by atoms with Crippen molar-refractivity contribution in [1.82, 2.24) is 4.98 Å². The van der Waals surface area contributed by atoms with Gasteiger partial charge in [0.1, 0.15) is 3.70 Å². The Morgan fingerprint density at radius 3 is 2.45 bits per heavy atom. The molecular formula is C6H3F3IN. The van der Waals surface area contributed by atoms with Crippen molar-refractivity contribution in [3.63, 3.8) is 0 Å². The van der Waals surface area contributed by atoms with Gasteiger partial charge in [0, 0.05) is 11.6 Å². The van der Waals surface area contributed by atoms with E-state index in [-0.39, 0.29) is 9.26 Å². The molecule has 0 amide bonds. The zero-order valence-electron chi connectivity index (χ0n) is 5.19. The summed E-state index contributed by atoms with van der Waals surface area (Å²) in [5.74, 6) is -0.868. The molecule has 0 aliphatic rings. The number of rotatable bonds is 1. The summed E-state index contributed by atoms with van der Waals surface area (Å²) in [5, 5.41) is 0. The van der Waals surface area contributed by atoms with E-state index in [0.717, 1.165) is 12.1 Å². The van der Waals surface area contributed by atoms with Gasteiger partial charge in [0.25, 0.3) is 6.43 Å². The Hall–Kier alpha value is -0.330. The SMILES string of the molecule is Fc1cc(C(F)F)cc(I)n1. The van der Waals surface area contributed by atoms with E-state index in [2.05, 4.69) is 4.98 Å². The second-order valence-corrected chi connectivity index (χ2v) is 2.95. The molecule has 60 valence electrons. The standard InChI is InChI=1S/C6H3F3IN/c7-4-1-3(6(8)9)2-5(10)11-4/h1-2,6H. The molecule has 1 nitrogen and oxygen atoms in total. The molecule has 0 bridgehead atoms. The highest BCUT2D eigenvalue weighted by molar-refractivity contribution is 14.1. The van der Waals surface area contributed by atoms with Gasteiger partial charge in [-0.05, 0) is 28.7 Å². The first-order valence-electron chi connectivity index (χ1n) is 2.70. The van der Waals surface area contributed by atoms with E-state index in [9.17, 15) is 13.2 Å². The molecule has 1 aromatic heterocycles. The van der Waals surface area contributed by atoms with Crippen LogP contribution in [0.15, 0.2) is 12.1 Å². The monoisotopic (exact) mass is 273 g/mol. The van der Waals surface area contributed by atoms with E-state index in [1.54, 1.807) is 22.6 Å². The summed E-state index contributed by atoms with van der Waals surface area (Å²) in [7, 11) is 0. The average molecular weight is 273 g/mol. The highest BCUT2D eigenvalue weighted by atomic mass is 127. The van der Waals surface area contributed by atoms with E-state index in [1.807, 2.05) is 0 Å². The number of hydrogen-bond donors (Lipinski definition) is 0. The van der Waals surface area contributed by atoms with Crippen LogP contribution in [0.3, 0.4) is 0 Å². The molecule has 0 fully saturated rings. The van der Waals surface area contributed by atoms with Crippen LogP contribution in [0, 0.1) is 9.65 Å². The topological polar surface area (TPSA) is 12.9 Å². The molecule has 0 aliphatic carbocycles. The van der Waals surface area contributed by atoms with Crippen LogP contribution >= 0.6 is 22.6 Å². The van der Waals surface area contributed by atoms with Gasteiger partial charge in [-0.25, -0.2) is 13.8 Å². The first-order chi connectivity index (χ1) is 5.09. The lowest BCUT2D eigenvalue weighted by molar-refractivity contribution is 0.150. The van der Waals surface area contributed by atoms with E-state index >= 15 is 0 Å². The minimum atomic E-state index is -2.64. The quantitative estimate of drug-likeness (QED) is 0.566.